The highest BCUT2D eigenvalue weighted by atomic mass is 79.9. The molecular formula is C39H34BrN3O5. The van der Waals surface area contributed by atoms with E-state index in [0.29, 0.717) is 39.5 Å². The lowest BCUT2D eigenvalue weighted by atomic mass is 9.79. The first kappa shape index (κ1) is 32.5. The van der Waals surface area contributed by atoms with Crippen LogP contribution in [0.4, 0.5) is 0 Å². The topological polar surface area (TPSA) is 91.7 Å². The quantitative estimate of drug-likeness (QED) is 0.147. The molecule has 0 unspecified atom stereocenters. The number of benzene rings is 4. The van der Waals surface area contributed by atoms with Crippen LogP contribution in [0.15, 0.2) is 142 Å². The van der Waals surface area contributed by atoms with E-state index in [0.717, 1.165) is 26.9 Å². The Morgan fingerprint density at radius 2 is 1.29 bits per heavy atom. The second-order valence-corrected chi connectivity index (χ2v) is 12.2. The summed E-state index contributed by atoms with van der Waals surface area (Å²) < 4.78 is 19.8. The smallest absolute Gasteiger partial charge is 0.337 e. The molecule has 2 heterocycles. The first-order valence-corrected chi connectivity index (χ1v) is 16.2. The van der Waals surface area contributed by atoms with Gasteiger partial charge in [-0.1, -0.05) is 78.9 Å². The monoisotopic (exact) mass is 703 g/mol. The number of allylic oxidation sites excluding steroid dienone is 2. The van der Waals surface area contributed by atoms with E-state index in [1.165, 1.54) is 0 Å². The van der Waals surface area contributed by atoms with Gasteiger partial charge in [-0.25, -0.2) is 14.3 Å². The van der Waals surface area contributed by atoms with E-state index >= 15 is 0 Å². The van der Waals surface area contributed by atoms with Crippen LogP contribution in [0.3, 0.4) is 0 Å². The van der Waals surface area contributed by atoms with Crippen LogP contribution in [-0.2, 0) is 32.3 Å². The largest absolute Gasteiger partial charge is 0.496 e. The minimum Gasteiger partial charge on any atom is -0.496 e. The minimum absolute atomic E-state index is 0.0707. The summed E-state index contributed by atoms with van der Waals surface area (Å²) in [6.07, 6.45) is 1.87. The number of rotatable bonds is 10. The molecule has 0 saturated carbocycles. The van der Waals surface area contributed by atoms with E-state index in [9.17, 15) is 9.59 Å². The van der Waals surface area contributed by atoms with Crippen LogP contribution in [-0.4, -0.2) is 28.8 Å². The average Bonchev–Trinajstić information content (AvgIpc) is 3.56. The molecule has 0 spiro atoms. The Balaban J connectivity index is 1.50. The zero-order valence-corrected chi connectivity index (χ0v) is 28.4. The van der Waals surface area contributed by atoms with Gasteiger partial charge in [0.2, 0.25) is 0 Å². The van der Waals surface area contributed by atoms with Crippen LogP contribution in [0.25, 0.3) is 16.9 Å². The lowest BCUT2D eigenvalue weighted by Gasteiger charge is -2.30. The number of halogens is 1. The van der Waals surface area contributed by atoms with Crippen LogP contribution in [0.5, 0.6) is 5.75 Å². The predicted molar refractivity (Wildman–Crippen MR) is 187 cm³/mol. The zero-order valence-electron chi connectivity index (χ0n) is 26.8. The highest BCUT2D eigenvalue weighted by Crippen LogP contribution is 2.44. The molecule has 6 rings (SSSR count). The summed E-state index contributed by atoms with van der Waals surface area (Å²) in [5.74, 6) is -1.31. The highest BCUT2D eigenvalue weighted by Gasteiger charge is 2.40. The van der Waals surface area contributed by atoms with Gasteiger partial charge >= 0.3 is 11.9 Å². The van der Waals surface area contributed by atoms with Gasteiger partial charge < -0.3 is 19.5 Å². The van der Waals surface area contributed by atoms with Crippen molar-refractivity contribution >= 4 is 27.9 Å². The fraction of sp³-hybridized carbons (Fsp3) is 0.154. The number of hydrogen-bond donors (Lipinski definition) is 1. The molecule has 1 aliphatic rings. The van der Waals surface area contributed by atoms with Crippen LogP contribution >= 0.6 is 15.9 Å². The third-order valence-corrected chi connectivity index (χ3v) is 8.74. The predicted octanol–water partition coefficient (Wildman–Crippen LogP) is 8.03. The number of dihydropyridines is 1. The van der Waals surface area contributed by atoms with Gasteiger partial charge in [-0.3, -0.25) is 0 Å². The fourth-order valence-electron chi connectivity index (χ4n) is 5.80. The SMILES string of the molecule is COc1ccc(-c2nn(-c3ccccc3)cc2C2C(C(=O)OCc3ccccc3)=C(C)NC(C)=C2C(=O)OCc2ccccc2)cc1Br. The first-order valence-electron chi connectivity index (χ1n) is 15.4. The van der Waals surface area contributed by atoms with Crippen molar-refractivity contribution in [2.45, 2.75) is 33.0 Å². The molecule has 8 nitrogen and oxygen atoms in total. The summed E-state index contributed by atoms with van der Waals surface area (Å²) >= 11 is 3.62. The Morgan fingerprint density at radius 1 is 0.771 bits per heavy atom. The maximum absolute atomic E-state index is 14.1. The number of carbonyl (C=O) groups is 2. The molecule has 0 fully saturated rings. The third-order valence-electron chi connectivity index (χ3n) is 8.13. The Labute approximate surface area is 287 Å². The van der Waals surface area contributed by atoms with Gasteiger partial charge in [0, 0.05) is 28.7 Å². The molecule has 0 aliphatic carbocycles. The van der Waals surface area contributed by atoms with Crippen molar-refractivity contribution in [2.75, 3.05) is 7.11 Å². The van der Waals surface area contributed by atoms with Crippen molar-refractivity contribution in [2.24, 2.45) is 0 Å². The zero-order chi connectivity index (χ0) is 33.6. The van der Waals surface area contributed by atoms with Gasteiger partial charge in [-0.2, -0.15) is 5.10 Å². The molecule has 4 aromatic carbocycles. The van der Waals surface area contributed by atoms with E-state index in [2.05, 4.69) is 21.2 Å². The lowest BCUT2D eigenvalue weighted by molar-refractivity contribution is -0.141. The molecule has 242 valence electrons. The van der Waals surface area contributed by atoms with E-state index < -0.39 is 17.9 Å². The van der Waals surface area contributed by atoms with Gasteiger partial charge in [0.1, 0.15) is 19.0 Å². The minimum atomic E-state index is -0.869. The number of nitrogens with one attached hydrogen (secondary N) is 1. The van der Waals surface area contributed by atoms with Crippen LogP contribution < -0.4 is 10.1 Å². The molecule has 0 bridgehead atoms. The van der Waals surface area contributed by atoms with E-state index in [1.54, 1.807) is 11.8 Å². The summed E-state index contributed by atoms with van der Waals surface area (Å²) in [4.78, 5) is 28.3. The molecule has 5 aromatic rings. The molecule has 9 heteroatoms. The van der Waals surface area contributed by atoms with Gasteiger partial charge in [0.15, 0.2) is 0 Å². The van der Waals surface area contributed by atoms with Crippen molar-refractivity contribution in [3.8, 4) is 22.7 Å². The molecule has 1 aliphatic heterocycles. The molecule has 48 heavy (non-hydrogen) atoms. The van der Waals surface area contributed by atoms with Gasteiger partial charge in [0.05, 0.1) is 40.0 Å². The second kappa shape index (κ2) is 14.6. The number of carbonyl (C=O) groups excluding carboxylic acids is 2. The second-order valence-electron chi connectivity index (χ2n) is 11.3. The van der Waals surface area contributed by atoms with Crippen molar-refractivity contribution < 1.29 is 23.8 Å². The molecule has 0 atom stereocenters. The third kappa shape index (κ3) is 6.96. The van der Waals surface area contributed by atoms with Crippen molar-refractivity contribution in [3.05, 3.63) is 159 Å². The maximum atomic E-state index is 14.1. The number of ether oxygens (including phenoxy) is 3. The van der Waals surface area contributed by atoms with Crippen LogP contribution in [0.2, 0.25) is 0 Å². The van der Waals surface area contributed by atoms with Gasteiger partial charge in [-0.15, -0.1) is 0 Å². The summed E-state index contributed by atoms with van der Waals surface area (Å²) in [6.45, 7) is 3.77. The Kier molecular flexibility index (Phi) is 9.87. The molecule has 0 radical (unpaired) electrons. The normalized spacial score (nSPS) is 13.2. The van der Waals surface area contributed by atoms with E-state index in [1.807, 2.05) is 129 Å². The highest BCUT2D eigenvalue weighted by molar-refractivity contribution is 9.10. The van der Waals surface area contributed by atoms with Crippen LogP contribution in [0, 0.1) is 0 Å². The summed E-state index contributed by atoms with van der Waals surface area (Å²) in [6, 6.07) is 34.3. The standard InChI is InChI=1S/C39H34BrN3O5/c1-25-34(38(44)47-23-27-13-7-4-8-14-27)36(35(26(2)41-25)39(45)48-24-28-15-9-5-10-16-28)31-22-43(30-17-11-6-12-18-30)42-37(31)29-19-20-33(46-3)32(40)21-29/h4-22,36,41H,23-24H2,1-3H3. The molecule has 1 aromatic heterocycles. The summed E-state index contributed by atoms with van der Waals surface area (Å²) in [5, 5.41) is 8.30. The van der Waals surface area contributed by atoms with Gasteiger partial charge in [-0.05, 0) is 71.2 Å². The summed E-state index contributed by atoms with van der Waals surface area (Å²) in [5.41, 5.74) is 6.22. The summed E-state index contributed by atoms with van der Waals surface area (Å²) in [7, 11) is 1.60. The fourth-order valence-corrected chi connectivity index (χ4v) is 6.34. The molecular weight excluding hydrogens is 670 g/mol. The van der Waals surface area contributed by atoms with Gasteiger partial charge in [0.25, 0.3) is 0 Å². The maximum Gasteiger partial charge on any atom is 0.337 e. The van der Waals surface area contributed by atoms with Crippen LogP contribution in [0.1, 0.15) is 36.5 Å². The Hall–Kier alpha value is -5.41. The van der Waals surface area contributed by atoms with Crippen molar-refractivity contribution in [1.29, 1.82) is 0 Å². The molecule has 0 saturated heterocycles. The first-order chi connectivity index (χ1) is 23.3. The average molecular weight is 705 g/mol. The van der Waals surface area contributed by atoms with Crippen molar-refractivity contribution in [1.82, 2.24) is 15.1 Å². The van der Waals surface area contributed by atoms with E-state index in [-0.39, 0.29) is 13.2 Å². The van der Waals surface area contributed by atoms with Crippen molar-refractivity contribution in [3.63, 3.8) is 0 Å². The molecule has 1 N–H and O–H groups in total. The number of aromatic nitrogens is 2. The lowest BCUT2D eigenvalue weighted by Crippen LogP contribution is -2.32. The Morgan fingerprint density at radius 3 is 1.79 bits per heavy atom. The Bertz CT molecular complexity index is 1930. The molecule has 0 amide bonds. The number of nitrogens with zero attached hydrogens (tertiary/aromatic N) is 2. The number of esters is 2. The number of hydrogen-bond acceptors (Lipinski definition) is 7. The van der Waals surface area contributed by atoms with E-state index in [4.69, 9.17) is 19.3 Å². The number of para-hydroxylation sites is 1. The number of methoxy groups -OCH3 is 1.